The van der Waals surface area contributed by atoms with Crippen molar-refractivity contribution in [3.05, 3.63) is 29.8 Å². The van der Waals surface area contributed by atoms with Crippen molar-refractivity contribution < 1.29 is 4.79 Å². The Labute approximate surface area is 119 Å². The maximum atomic E-state index is 12.4. The first-order valence-electron chi connectivity index (χ1n) is 6.52. The molecule has 1 heterocycles. The van der Waals surface area contributed by atoms with Gasteiger partial charge in [0.25, 0.3) is 0 Å². The summed E-state index contributed by atoms with van der Waals surface area (Å²) in [7, 11) is 1.77. The van der Waals surface area contributed by atoms with Crippen molar-refractivity contribution in [2.75, 3.05) is 25.0 Å². The predicted octanol–water partition coefficient (Wildman–Crippen LogP) is 2.36. The summed E-state index contributed by atoms with van der Waals surface area (Å²) in [6, 6.07) is 7.49. The predicted molar refractivity (Wildman–Crippen MR) is 81.6 cm³/mol. The number of carbonyl (C=O) groups excluding carboxylic acids is 1. The fourth-order valence-electron chi connectivity index (χ4n) is 2.37. The van der Waals surface area contributed by atoms with Gasteiger partial charge in [0.1, 0.15) is 4.99 Å². The Morgan fingerprint density at radius 1 is 1.26 bits per heavy atom. The van der Waals surface area contributed by atoms with Crippen LogP contribution < -0.4 is 10.6 Å². The molecule has 0 aliphatic carbocycles. The van der Waals surface area contributed by atoms with Crippen LogP contribution in [0.4, 0.5) is 10.5 Å². The van der Waals surface area contributed by atoms with Gasteiger partial charge in [-0.15, -0.1) is 0 Å². The average molecular weight is 277 g/mol. The summed E-state index contributed by atoms with van der Waals surface area (Å²) in [5, 5.41) is 0. The molecule has 0 aromatic heterocycles. The van der Waals surface area contributed by atoms with Gasteiger partial charge in [-0.1, -0.05) is 24.4 Å². The summed E-state index contributed by atoms with van der Waals surface area (Å²) in [4.78, 5) is 16.3. The van der Waals surface area contributed by atoms with Crippen molar-refractivity contribution in [1.29, 1.82) is 0 Å². The molecule has 2 rings (SSSR count). The van der Waals surface area contributed by atoms with E-state index < -0.39 is 0 Å². The van der Waals surface area contributed by atoms with Gasteiger partial charge >= 0.3 is 6.03 Å². The second-order valence-corrected chi connectivity index (χ2v) is 5.21. The van der Waals surface area contributed by atoms with Crippen LogP contribution in [0.5, 0.6) is 0 Å². The van der Waals surface area contributed by atoms with E-state index in [4.69, 9.17) is 18.0 Å². The number of benzene rings is 1. The van der Waals surface area contributed by atoms with E-state index in [0.717, 1.165) is 37.2 Å². The standard InChI is InChI=1S/C14H19N3OS/c1-16(14(18)17-9-5-2-6-10-17)12-8-4-3-7-11(12)13(15)19/h3-4,7-8H,2,5-6,9-10H2,1H3,(H2,15,19). The molecule has 102 valence electrons. The number of rotatable bonds is 2. The van der Waals surface area contributed by atoms with Gasteiger partial charge in [-0.25, -0.2) is 4.79 Å². The van der Waals surface area contributed by atoms with Crippen LogP contribution in [0.25, 0.3) is 0 Å². The zero-order valence-corrected chi connectivity index (χ0v) is 11.9. The Bertz CT molecular complexity index is 483. The summed E-state index contributed by atoms with van der Waals surface area (Å²) in [6.45, 7) is 1.66. The molecule has 0 spiro atoms. The highest BCUT2D eigenvalue weighted by atomic mass is 32.1. The number of urea groups is 1. The molecule has 1 aliphatic heterocycles. The lowest BCUT2D eigenvalue weighted by Gasteiger charge is -2.31. The van der Waals surface area contributed by atoms with Crippen molar-refractivity contribution in [3.8, 4) is 0 Å². The number of para-hydroxylation sites is 1. The molecule has 1 saturated heterocycles. The third-order valence-corrected chi connectivity index (χ3v) is 3.66. The minimum atomic E-state index is 0.0170. The Hall–Kier alpha value is -1.62. The summed E-state index contributed by atoms with van der Waals surface area (Å²) in [6.07, 6.45) is 3.37. The quantitative estimate of drug-likeness (QED) is 0.844. The number of thiocarbonyl (C=S) groups is 1. The first kappa shape index (κ1) is 13.8. The van der Waals surface area contributed by atoms with Crippen molar-refractivity contribution in [2.24, 2.45) is 5.73 Å². The van der Waals surface area contributed by atoms with E-state index in [1.807, 2.05) is 29.2 Å². The van der Waals surface area contributed by atoms with Crippen LogP contribution >= 0.6 is 12.2 Å². The maximum absolute atomic E-state index is 12.4. The normalized spacial score (nSPS) is 15.1. The first-order chi connectivity index (χ1) is 9.11. The lowest BCUT2D eigenvalue weighted by atomic mass is 10.1. The summed E-state index contributed by atoms with van der Waals surface area (Å²) < 4.78 is 0. The fourth-order valence-corrected chi connectivity index (χ4v) is 2.55. The highest BCUT2D eigenvalue weighted by Gasteiger charge is 2.22. The van der Waals surface area contributed by atoms with E-state index in [9.17, 15) is 4.79 Å². The third-order valence-electron chi connectivity index (χ3n) is 3.44. The number of amides is 2. The van der Waals surface area contributed by atoms with E-state index >= 15 is 0 Å². The van der Waals surface area contributed by atoms with Crippen molar-refractivity contribution in [2.45, 2.75) is 19.3 Å². The molecule has 0 atom stereocenters. The second-order valence-electron chi connectivity index (χ2n) is 4.77. The fraction of sp³-hybridized carbons (Fsp3) is 0.429. The zero-order valence-electron chi connectivity index (χ0n) is 11.1. The lowest BCUT2D eigenvalue weighted by molar-refractivity contribution is 0.194. The van der Waals surface area contributed by atoms with Gasteiger partial charge in [0.2, 0.25) is 0 Å². The molecule has 1 aliphatic rings. The molecule has 4 nitrogen and oxygen atoms in total. The van der Waals surface area contributed by atoms with Crippen molar-refractivity contribution in [3.63, 3.8) is 0 Å². The molecular weight excluding hydrogens is 258 g/mol. The second kappa shape index (κ2) is 6.02. The van der Waals surface area contributed by atoms with Crippen LogP contribution in [-0.4, -0.2) is 36.1 Å². The van der Waals surface area contributed by atoms with Crippen molar-refractivity contribution in [1.82, 2.24) is 4.90 Å². The minimum Gasteiger partial charge on any atom is -0.389 e. The molecule has 1 aromatic rings. The molecule has 5 heteroatoms. The van der Waals surface area contributed by atoms with Gasteiger partial charge in [-0.2, -0.15) is 0 Å². The van der Waals surface area contributed by atoms with Gasteiger partial charge in [0.15, 0.2) is 0 Å². The van der Waals surface area contributed by atoms with Crippen LogP contribution in [0, 0.1) is 0 Å². The highest BCUT2D eigenvalue weighted by Crippen LogP contribution is 2.21. The number of likely N-dealkylation sites (tertiary alicyclic amines) is 1. The first-order valence-corrected chi connectivity index (χ1v) is 6.93. The molecule has 2 N–H and O–H groups in total. The topological polar surface area (TPSA) is 49.6 Å². The zero-order chi connectivity index (χ0) is 13.8. The number of anilines is 1. The molecular formula is C14H19N3OS. The van der Waals surface area contributed by atoms with Gasteiger partial charge < -0.3 is 10.6 Å². The van der Waals surface area contributed by atoms with Gasteiger partial charge in [0.05, 0.1) is 5.69 Å². The van der Waals surface area contributed by atoms with E-state index in [-0.39, 0.29) is 6.03 Å². The lowest BCUT2D eigenvalue weighted by Crippen LogP contribution is -2.44. The molecule has 0 bridgehead atoms. The highest BCUT2D eigenvalue weighted by molar-refractivity contribution is 7.80. The Morgan fingerprint density at radius 3 is 2.53 bits per heavy atom. The van der Waals surface area contributed by atoms with E-state index in [1.165, 1.54) is 6.42 Å². The maximum Gasteiger partial charge on any atom is 0.324 e. The number of nitrogens with two attached hydrogens (primary N) is 1. The number of nitrogens with zero attached hydrogens (tertiary/aromatic N) is 2. The average Bonchev–Trinajstić information content (AvgIpc) is 2.46. The van der Waals surface area contributed by atoms with Gasteiger partial charge in [0, 0.05) is 25.7 Å². The van der Waals surface area contributed by atoms with Gasteiger partial charge in [-0.3, -0.25) is 4.90 Å². The van der Waals surface area contributed by atoms with Crippen LogP contribution in [0.1, 0.15) is 24.8 Å². The smallest absolute Gasteiger partial charge is 0.324 e. The van der Waals surface area contributed by atoms with Crippen LogP contribution in [0.3, 0.4) is 0 Å². The molecule has 19 heavy (non-hydrogen) atoms. The molecule has 2 amide bonds. The van der Waals surface area contributed by atoms with E-state index in [1.54, 1.807) is 11.9 Å². The van der Waals surface area contributed by atoms with E-state index in [2.05, 4.69) is 0 Å². The molecule has 0 saturated carbocycles. The van der Waals surface area contributed by atoms with Gasteiger partial charge in [-0.05, 0) is 31.4 Å². The molecule has 0 radical (unpaired) electrons. The number of carbonyl (C=O) groups is 1. The summed E-state index contributed by atoms with van der Waals surface area (Å²) in [5.41, 5.74) is 7.22. The van der Waals surface area contributed by atoms with E-state index in [0.29, 0.717) is 4.99 Å². The molecule has 0 unspecified atom stereocenters. The number of hydrogen-bond donors (Lipinski definition) is 1. The molecule has 1 aromatic carbocycles. The number of hydrogen-bond acceptors (Lipinski definition) is 2. The largest absolute Gasteiger partial charge is 0.389 e. The Balaban J connectivity index is 2.21. The Morgan fingerprint density at radius 2 is 1.89 bits per heavy atom. The summed E-state index contributed by atoms with van der Waals surface area (Å²) in [5.74, 6) is 0. The molecule has 1 fully saturated rings. The third kappa shape index (κ3) is 3.04. The SMILES string of the molecule is CN(C(=O)N1CCCCC1)c1ccccc1C(N)=S. The summed E-state index contributed by atoms with van der Waals surface area (Å²) >= 11 is 5.04. The number of piperidine rings is 1. The monoisotopic (exact) mass is 277 g/mol. The van der Waals surface area contributed by atoms with Crippen LogP contribution in [0.2, 0.25) is 0 Å². The van der Waals surface area contributed by atoms with Crippen LogP contribution in [0.15, 0.2) is 24.3 Å². The van der Waals surface area contributed by atoms with Crippen LogP contribution in [-0.2, 0) is 0 Å². The Kier molecular flexibility index (Phi) is 4.37. The minimum absolute atomic E-state index is 0.0170. The van der Waals surface area contributed by atoms with Crippen molar-refractivity contribution >= 4 is 28.9 Å².